The Morgan fingerprint density at radius 2 is 2.17 bits per heavy atom. The molecule has 0 aliphatic carbocycles. The Kier molecular flexibility index (Phi) is 5.37. The van der Waals surface area contributed by atoms with Crippen molar-refractivity contribution in [1.82, 2.24) is 20.5 Å². The summed E-state index contributed by atoms with van der Waals surface area (Å²) in [6, 6.07) is 4.13. The van der Waals surface area contributed by atoms with Crippen molar-refractivity contribution >= 4 is 5.91 Å². The lowest BCUT2D eigenvalue weighted by molar-refractivity contribution is -0.122. The monoisotopic (exact) mass is 314 g/mol. The fourth-order valence-corrected chi connectivity index (χ4v) is 2.93. The molecule has 3 heterocycles. The molecule has 0 radical (unpaired) electrons. The summed E-state index contributed by atoms with van der Waals surface area (Å²) in [6.45, 7) is 1.30. The van der Waals surface area contributed by atoms with Crippen LogP contribution in [0.25, 0.3) is 0 Å². The van der Waals surface area contributed by atoms with Gasteiger partial charge in [-0.2, -0.15) is 5.10 Å². The highest BCUT2D eigenvalue weighted by Crippen LogP contribution is 2.19. The molecule has 0 bridgehead atoms. The van der Waals surface area contributed by atoms with Crippen molar-refractivity contribution in [2.24, 2.45) is 5.92 Å². The minimum Gasteiger partial charge on any atom is -0.379 e. The molecule has 0 saturated carbocycles. The van der Waals surface area contributed by atoms with Crippen LogP contribution >= 0.6 is 0 Å². The van der Waals surface area contributed by atoms with Gasteiger partial charge in [0.2, 0.25) is 5.91 Å². The third kappa shape index (κ3) is 4.63. The standard InChI is InChI=1S/C17H22N4O2/c22-17(3-1-2-14-9-19-20-10-14)21-16-12-23-11-15(16)8-13-4-6-18-7-5-13/h4-7,9-10,15-16H,1-3,8,11-12H2,(H,19,20)(H,21,22). The number of hydrogen-bond donors (Lipinski definition) is 2. The number of nitrogens with zero attached hydrogens (tertiary/aromatic N) is 2. The third-order valence-corrected chi connectivity index (χ3v) is 4.22. The first-order chi connectivity index (χ1) is 11.3. The van der Waals surface area contributed by atoms with Gasteiger partial charge in [-0.1, -0.05) is 0 Å². The highest BCUT2D eigenvalue weighted by atomic mass is 16.5. The molecule has 6 nitrogen and oxygen atoms in total. The predicted molar refractivity (Wildman–Crippen MR) is 85.7 cm³/mol. The molecule has 1 aliphatic rings. The zero-order valence-electron chi connectivity index (χ0n) is 13.1. The minimum absolute atomic E-state index is 0.101. The molecule has 2 N–H and O–H groups in total. The van der Waals surface area contributed by atoms with E-state index in [9.17, 15) is 4.79 Å². The molecule has 1 saturated heterocycles. The lowest BCUT2D eigenvalue weighted by Gasteiger charge is -2.19. The summed E-state index contributed by atoms with van der Waals surface area (Å²) in [5.74, 6) is 0.430. The van der Waals surface area contributed by atoms with E-state index in [4.69, 9.17) is 4.74 Å². The van der Waals surface area contributed by atoms with E-state index >= 15 is 0 Å². The lowest BCUT2D eigenvalue weighted by atomic mass is 9.95. The van der Waals surface area contributed by atoms with Gasteiger partial charge in [-0.25, -0.2) is 0 Å². The van der Waals surface area contributed by atoms with Crippen LogP contribution in [0.4, 0.5) is 0 Å². The van der Waals surface area contributed by atoms with Crippen LogP contribution in [0.15, 0.2) is 36.9 Å². The van der Waals surface area contributed by atoms with Gasteiger partial charge in [-0.3, -0.25) is 14.9 Å². The maximum absolute atomic E-state index is 12.1. The second kappa shape index (κ2) is 7.87. The van der Waals surface area contributed by atoms with Crippen molar-refractivity contribution in [3.05, 3.63) is 48.0 Å². The summed E-state index contributed by atoms with van der Waals surface area (Å²) < 4.78 is 5.56. The number of nitrogens with one attached hydrogen (secondary N) is 2. The molecule has 0 spiro atoms. The SMILES string of the molecule is O=C(CCCc1cn[nH]c1)NC1COCC1Cc1ccncc1. The Balaban J connectivity index is 1.43. The number of hydrogen-bond acceptors (Lipinski definition) is 4. The summed E-state index contributed by atoms with van der Waals surface area (Å²) in [4.78, 5) is 16.2. The number of rotatable bonds is 7. The number of carbonyl (C=O) groups is 1. The third-order valence-electron chi connectivity index (χ3n) is 4.22. The van der Waals surface area contributed by atoms with Gasteiger partial charge < -0.3 is 10.1 Å². The van der Waals surface area contributed by atoms with Crippen LogP contribution in [0, 0.1) is 5.92 Å². The van der Waals surface area contributed by atoms with Gasteiger partial charge in [0.25, 0.3) is 0 Å². The fraction of sp³-hybridized carbons (Fsp3) is 0.471. The van der Waals surface area contributed by atoms with E-state index in [-0.39, 0.29) is 11.9 Å². The molecule has 122 valence electrons. The number of aryl methyl sites for hydroxylation is 1. The smallest absolute Gasteiger partial charge is 0.220 e. The van der Waals surface area contributed by atoms with Gasteiger partial charge in [0.1, 0.15) is 0 Å². The number of H-pyrrole nitrogens is 1. The van der Waals surface area contributed by atoms with Crippen molar-refractivity contribution < 1.29 is 9.53 Å². The molecule has 2 atom stereocenters. The number of carbonyl (C=O) groups excluding carboxylic acids is 1. The molecule has 1 fully saturated rings. The minimum atomic E-state index is 0.101. The molecule has 6 heteroatoms. The first-order valence-corrected chi connectivity index (χ1v) is 8.05. The van der Waals surface area contributed by atoms with Crippen molar-refractivity contribution in [1.29, 1.82) is 0 Å². The molecular formula is C17H22N4O2. The van der Waals surface area contributed by atoms with E-state index < -0.39 is 0 Å². The van der Waals surface area contributed by atoms with Crippen LogP contribution in [-0.4, -0.2) is 40.3 Å². The number of aromatic amines is 1. The van der Waals surface area contributed by atoms with Gasteiger partial charge in [0.15, 0.2) is 0 Å². The quantitative estimate of drug-likeness (QED) is 0.811. The molecule has 2 aromatic rings. The van der Waals surface area contributed by atoms with Gasteiger partial charge >= 0.3 is 0 Å². The molecule has 1 amide bonds. The van der Waals surface area contributed by atoms with Crippen LogP contribution in [0.3, 0.4) is 0 Å². The zero-order valence-corrected chi connectivity index (χ0v) is 13.1. The van der Waals surface area contributed by atoms with Crippen molar-refractivity contribution in [3.63, 3.8) is 0 Å². The van der Waals surface area contributed by atoms with E-state index in [1.165, 1.54) is 5.56 Å². The van der Waals surface area contributed by atoms with Crippen LogP contribution in [0.5, 0.6) is 0 Å². The van der Waals surface area contributed by atoms with Gasteiger partial charge in [-0.05, 0) is 42.5 Å². The van der Waals surface area contributed by atoms with Crippen molar-refractivity contribution in [2.45, 2.75) is 31.7 Å². The molecule has 0 aromatic carbocycles. The van der Waals surface area contributed by atoms with E-state index in [2.05, 4.69) is 20.5 Å². The van der Waals surface area contributed by atoms with E-state index in [1.807, 2.05) is 18.3 Å². The van der Waals surface area contributed by atoms with E-state index in [0.717, 1.165) is 24.8 Å². The molecule has 2 unspecified atom stereocenters. The normalized spacial score (nSPS) is 20.5. The summed E-state index contributed by atoms with van der Waals surface area (Å²) in [6.07, 6.45) is 10.4. The number of pyridine rings is 1. The summed E-state index contributed by atoms with van der Waals surface area (Å²) in [5.41, 5.74) is 2.37. The van der Waals surface area contributed by atoms with Crippen LogP contribution < -0.4 is 5.32 Å². The molecule has 3 rings (SSSR count). The summed E-state index contributed by atoms with van der Waals surface area (Å²) >= 11 is 0. The lowest BCUT2D eigenvalue weighted by Crippen LogP contribution is -2.40. The van der Waals surface area contributed by atoms with Crippen LogP contribution in [0.1, 0.15) is 24.0 Å². The first-order valence-electron chi connectivity index (χ1n) is 8.05. The average Bonchev–Trinajstić information content (AvgIpc) is 3.21. The zero-order chi connectivity index (χ0) is 15.9. The van der Waals surface area contributed by atoms with Gasteiger partial charge in [-0.15, -0.1) is 0 Å². The largest absolute Gasteiger partial charge is 0.379 e. The number of amides is 1. The fourth-order valence-electron chi connectivity index (χ4n) is 2.93. The maximum Gasteiger partial charge on any atom is 0.220 e. The Bertz CT molecular complexity index is 600. The molecule has 23 heavy (non-hydrogen) atoms. The Morgan fingerprint density at radius 1 is 1.30 bits per heavy atom. The van der Waals surface area contributed by atoms with Crippen LogP contribution in [-0.2, 0) is 22.4 Å². The summed E-state index contributed by atoms with van der Waals surface area (Å²) in [7, 11) is 0. The van der Waals surface area contributed by atoms with Crippen molar-refractivity contribution in [2.75, 3.05) is 13.2 Å². The summed E-state index contributed by atoms with van der Waals surface area (Å²) in [5, 5.41) is 9.82. The van der Waals surface area contributed by atoms with Gasteiger partial charge in [0, 0.05) is 30.9 Å². The Morgan fingerprint density at radius 3 is 2.96 bits per heavy atom. The predicted octanol–water partition coefficient (Wildman–Crippen LogP) is 1.50. The van der Waals surface area contributed by atoms with Crippen LogP contribution in [0.2, 0.25) is 0 Å². The van der Waals surface area contributed by atoms with E-state index in [1.54, 1.807) is 18.6 Å². The second-order valence-electron chi connectivity index (χ2n) is 5.99. The van der Waals surface area contributed by atoms with Crippen molar-refractivity contribution in [3.8, 4) is 0 Å². The highest BCUT2D eigenvalue weighted by Gasteiger charge is 2.29. The maximum atomic E-state index is 12.1. The van der Waals surface area contributed by atoms with E-state index in [0.29, 0.717) is 25.6 Å². The average molecular weight is 314 g/mol. The number of ether oxygens (including phenoxy) is 1. The molecule has 2 aromatic heterocycles. The van der Waals surface area contributed by atoms with Gasteiger partial charge in [0.05, 0.1) is 25.5 Å². The Labute approximate surface area is 135 Å². The Hall–Kier alpha value is -2.21. The number of aromatic nitrogens is 3. The molecular weight excluding hydrogens is 292 g/mol. The first kappa shape index (κ1) is 15.7. The second-order valence-corrected chi connectivity index (χ2v) is 5.99. The topological polar surface area (TPSA) is 79.9 Å². The molecule has 1 aliphatic heterocycles. The highest BCUT2D eigenvalue weighted by molar-refractivity contribution is 5.76.